The van der Waals surface area contributed by atoms with Gasteiger partial charge in [0.2, 0.25) is 0 Å². The van der Waals surface area contributed by atoms with E-state index >= 15 is 0 Å². The van der Waals surface area contributed by atoms with Gasteiger partial charge in [-0.25, -0.2) is 4.79 Å². The van der Waals surface area contributed by atoms with Crippen molar-refractivity contribution in [2.45, 2.75) is 19.8 Å². The van der Waals surface area contributed by atoms with Gasteiger partial charge in [-0.05, 0) is 37.5 Å². The number of fused-ring (bicyclic) bond motifs is 1. The molecule has 0 bridgehead atoms. The number of benzene rings is 1. The minimum atomic E-state index is -0.210. The molecule has 3 heteroatoms. The van der Waals surface area contributed by atoms with Gasteiger partial charge in [0.15, 0.2) is 0 Å². The SMILES string of the molecule is CCOC(=O)c1cccc2c1CCCN2. The van der Waals surface area contributed by atoms with Gasteiger partial charge in [0.1, 0.15) is 0 Å². The van der Waals surface area contributed by atoms with Gasteiger partial charge in [0, 0.05) is 12.2 Å². The molecule has 0 aliphatic carbocycles. The van der Waals surface area contributed by atoms with Crippen LogP contribution in [0.5, 0.6) is 0 Å². The van der Waals surface area contributed by atoms with Gasteiger partial charge < -0.3 is 10.1 Å². The molecule has 0 saturated carbocycles. The molecule has 1 aliphatic rings. The summed E-state index contributed by atoms with van der Waals surface area (Å²) in [5.41, 5.74) is 2.88. The summed E-state index contributed by atoms with van der Waals surface area (Å²) in [6.07, 6.45) is 2.03. The molecule has 2 rings (SSSR count). The van der Waals surface area contributed by atoms with Gasteiger partial charge in [-0.2, -0.15) is 0 Å². The van der Waals surface area contributed by atoms with Gasteiger partial charge >= 0.3 is 5.97 Å². The van der Waals surface area contributed by atoms with Crippen molar-refractivity contribution in [1.82, 2.24) is 0 Å². The fraction of sp³-hybridized carbons (Fsp3) is 0.417. The Kier molecular flexibility index (Phi) is 2.90. The zero-order valence-corrected chi connectivity index (χ0v) is 8.88. The number of hydrogen-bond donors (Lipinski definition) is 1. The first-order valence-corrected chi connectivity index (χ1v) is 5.36. The van der Waals surface area contributed by atoms with E-state index in [-0.39, 0.29) is 5.97 Å². The lowest BCUT2D eigenvalue weighted by atomic mass is 9.98. The second-order valence-corrected chi connectivity index (χ2v) is 3.58. The second-order valence-electron chi connectivity index (χ2n) is 3.58. The summed E-state index contributed by atoms with van der Waals surface area (Å²) in [7, 11) is 0. The van der Waals surface area contributed by atoms with Crippen LogP contribution in [0, 0.1) is 0 Å². The number of ether oxygens (including phenoxy) is 1. The summed E-state index contributed by atoms with van der Waals surface area (Å²) in [4.78, 5) is 11.7. The quantitative estimate of drug-likeness (QED) is 0.752. The Hall–Kier alpha value is -1.51. The lowest BCUT2D eigenvalue weighted by Gasteiger charge is -2.20. The number of hydrogen-bond acceptors (Lipinski definition) is 3. The first kappa shape index (κ1) is 10.0. The summed E-state index contributed by atoms with van der Waals surface area (Å²) in [5, 5.41) is 3.29. The molecule has 80 valence electrons. The molecule has 0 radical (unpaired) electrons. The van der Waals surface area contributed by atoms with Crippen LogP contribution < -0.4 is 5.32 Å². The standard InChI is InChI=1S/C12H15NO2/c1-2-15-12(14)10-5-3-7-11-9(10)6-4-8-13-11/h3,5,7,13H,2,4,6,8H2,1H3. The van der Waals surface area contributed by atoms with Crippen molar-refractivity contribution in [3.05, 3.63) is 29.3 Å². The Bertz CT molecular complexity index is 374. The molecule has 3 nitrogen and oxygen atoms in total. The predicted molar refractivity (Wildman–Crippen MR) is 59.2 cm³/mol. The third-order valence-corrected chi connectivity index (χ3v) is 2.59. The first-order chi connectivity index (χ1) is 7.33. The van der Waals surface area contributed by atoms with E-state index in [2.05, 4.69) is 5.32 Å². The monoisotopic (exact) mass is 205 g/mol. The van der Waals surface area contributed by atoms with Crippen molar-refractivity contribution in [3.8, 4) is 0 Å². The van der Waals surface area contributed by atoms with Crippen LogP contribution in [0.3, 0.4) is 0 Å². The molecule has 1 N–H and O–H groups in total. The van der Waals surface area contributed by atoms with Crippen molar-refractivity contribution in [2.24, 2.45) is 0 Å². The van der Waals surface area contributed by atoms with Crippen LogP contribution in [0.25, 0.3) is 0 Å². The number of anilines is 1. The average Bonchev–Trinajstić information content (AvgIpc) is 2.28. The maximum absolute atomic E-state index is 11.7. The van der Waals surface area contributed by atoms with Crippen LogP contribution in [-0.2, 0) is 11.2 Å². The highest BCUT2D eigenvalue weighted by Gasteiger charge is 2.17. The van der Waals surface area contributed by atoms with Crippen molar-refractivity contribution >= 4 is 11.7 Å². The first-order valence-electron chi connectivity index (χ1n) is 5.36. The van der Waals surface area contributed by atoms with Crippen LogP contribution in [0.1, 0.15) is 29.3 Å². The third-order valence-electron chi connectivity index (χ3n) is 2.59. The number of nitrogens with one attached hydrogen (secondary N) is 1. The molecule has 0 amide bonds. The Morgan fingerprint density at radius 1 is 1.53 bits per heavy atom. The summed E-state index contributed by atoms with van der Waals surface area (Å²) in [6, 6.07) is 5.74. The maximum Gasteiger partial charge on any atom is 0.338 e. The normalized spacial score (nSPS) is 13.9. The molecular weight excluding hydrogens is 190 g/mol. The highest BCUT2D eigenvalue weighted by atomic mass is 16.5. The van der Waals surface area contributed by atoms with E-state index in [9.17, 15) is 4.79 Å². The van der Waals surface area contributed by atoms with Crippen LogP contribution >= 0.6 is 0 Å². The average molecular weight is 205 g/mol. The van der Waals surface area contributed by atoms with Crippen molar-refractivity contribution in [3.63, 3.8) is 0 Å². The van der Waals surface area contributed by atoms with Crippen LogP contribution in [0.2, 0.25) is 0 Å². The van der Waals surface area contributed by atoms with Gasteiger partial charge in [-0.15, -0.1) is 0 Å². The molecule has 0 unspecified atom stereocenters. The molecule has 0 fully saturated rings. The van der Waals surface area contributed by atoms with E-state index in [0.717, 1.165) is 30.6 Å². The van der Waals surface area contributed by atoms with E-state index in [1.807, 2.05) is 25.1 Å². The molecule has 1 heterocycles. The number of rotatable bonds is 2. The van der Waals surface area contributed by atoms with Gasteiger partial charge in [-0.1, -0.05) is 6.07 Å². The van der Waals surface area contributed by atoms with Crippen molar-refractivity contribution in [1.29, 1.82) is 0 Å². The highest BCUT2D eigenvalue weighted by molar-refractivity contribution is 5.93. The molecule has 1 aromatic rings. The Morgan fingerprint density at radius 3 is 3.20 bits per heavy atom. The molecule has 1 aliphatic heterocycles. The minimum absolute atomic E-state index is 0.210. The van der Waals surface area contributed by atoms with Crippen molar-refractivity contribution < 1.29 is 9.53 Å². The Labute approximate surface area is 89.4 Å². The molecular formula is C12H15NO2. The second kappa shape index (κ2) is 4.34. The van der Waals surface area contributed by atoms with Crippen molar-refractivity contribution in [2.75, 3.05) is 18.5 Å². The smallest absolute Gasteiger partial charge is 0.338 e. The Balaban J connectivity index is 2.34. The van der Waals surface area contributed by atoms with Crippen LogP contribution in [0.4, 0.5) is 5.69 Å². The van der Waals surface area contributed by atoms with E-state index in [0.29, 0.717) is 12.2 Å². The maximum atomic E-state index is 11.7. The fourth-order valence-corrected chi connectivity index (χ4v) is 1.91. The molecule has 0 aromatic heterocycles. The third kappa shape index (κ3) is 1.96. The lowest BCUT2D eigenvalue weighted by Crippen LogP contribution is -2.16. The molecule has 0 spiro atoms. The molecule has 0 atom stereocenters. The number of carbonyl (C=O) groups is 1. The zero-order valence-electron chi connectivity index (χ0n) is 8.88. The molecule has 1 aromatic carbocycles. The summed E-state index contributed by atoms with van der Waals surface area (Å²) in [5.74, 6) is -0.210. The van der Waals surface area contributed by atoms with Crippen LogP contribution in [-0.4, -0.2) is 19.1 Å². The molecule has 15 heavy (non-hydrogen) atoms. The van der Waals surface area contributed by atoms with Gasteiger partial charge in [0.05, 0.1) is 12.2 Å². The summed E-state index contributed by atoms with van der Waals surface area (Å²) in [6.45, 7) is 3.24. The Morgan fingerprint density at radius 2 is 2.40 bits per heavy atom. The highest BCUT2D eigenvalue weighted by Crippen LogP contribution is 2.25. The van der Waals surface area contributed by atoms with E-state index in [1.54, 1.807) is 0 Å². The number of esters is 1. The van der Waals surface area contributed by atoms with Crippen LogP contribution in [0.15, 0.2) is 18.2 Å². The zero-order chi connectivity index (χ0) is 10.7. The summed E-state index contributed by atoms with van der Waals surface area (Å²) < 4.78 is 5.03. The van der Waals surface area contributed by atoms with E-state index in [4.69, 9.17) is 4.74 Å². The largest absolute Gasteiger partial charge is 0.462 e. The fourth-order valence-electron chi connectivity index (χ4n) is 1.91. The van der Waals surface area contributed by atoms with Gasteiger partial charge in [0.25, 0.3) is 0 Å². The van der Waals surface area contributed by atoms with Gasteiger partial charge in [-0.3, -0.25) is 0 Å². The lowest BCUT2D eigenvalue weighted by molar-refractivity contribution is 0.0525. The topological polar surface area (TPSA) is 38.3 Å². The molecule has 0 saturated heterocycles. The van der Waals surface area contributed by atoms with E-state index < -0.39 is 0 Å². The number of carbonyl (C=O) groups excluding carboxylic acids is 1. The summed E-state index contributed by atoms with van der Waals surface area (Å²) >= 11 is 0. The predicted octanol–water partition coefficient (Wildman–Crippen LogP) is 2.22. The minimum Gasteiger partial charge on any atom is -0.462 e. The van der Waals surface area contributed by atoms with E-state index in [1.165, 1.54) is 0 Å².